The number of furan rings is 1. The third-order valence-corrected chi connectivity index (χ3v) is 5.32. The first-order chi connectivity index (χ1) is 10.4. The molecule has 0 bridgehead atoms. The van der Waals surface area contributed by atoms with Crippen LogP contribution in [-0.2, 0) is 14.8 Å². The highest BCUT2D eigenvalue weighted by molar-refractivity contribution is 7.89. The fraction of sp³-hybridized carbons (Fsp3) is 0.143. The maximum atomic E-state index is 12.5. The second kappa shape index (κ2) is 5.08. The number of carbonyl (C=O) groups excluding carboxylic acids is 2. The molecule has 1 amide bonds. The maximum absolute atomic E-state index is 12.5. The van der Waals surface area contributed by atoms with E-state index in [1.165, 1.54) is 37.6 Å². The van der Waals surface area contributed by atoms with Gasteiger partial charge in [0.1, 0.15) is 0 Å². The number of Topliss-reactive ketones (excluding diaryl/α,β-unsaturated/α-hetero) is 1. The zero-order valence-electron chi connectivity index (χ0n) is 11.5. The van der Waals surface area contributed by atoms with Gasteiger partial charge in [-0.05, 0) is 18.2 Å². The van der Waals surface area contributed by atoms with Crippen LogP contribution in [0.5, 0.6) is 0 Å². The van der Waals surface area contributed by atoms with Crippen LogP contribution >= 0.6 is 0 Å². The molecule has 1 aliphatic rings. The second-order valence-corrected chi connectivity index (χ2v) is 6.72. The lowest BCUT2D eigenvalue weighted by molar-refractivity contribution is -0.118. The Kier molecular flexibility index (Phi) is 3.34. The van der Waals surface area contributed by atoms with E-state index in [0.717, 1.165) is 4.31 Å². The van der Waals surface area contributed by atoms with Crippen LogP contribution in [0.2, 0.25) is 0 Å². The van der Waals surface area contributed by atoms with E-state index in [4.69, 9.17) is 4.42 Å². The Morgan fingerprint density at radius 2 is 1.95 bits per heavy atom. The topological polar surface area (TPSA) is 96.7 Å². The van der Waals surface area contributed by atoms with Gasteiger partial charge in [0, 0.05) is 18.7 Å². The third-order valence-electron chi connectivity index (χ3n) is 3.44. The number of anilines is 1. The molecule has 2 aromatic rings. The largest absolute Gasteiger partial charge is 0.449 e. The van der Waals surface area contributed by atoms with Crippen molar-refractivity contribution in [2.24, 2.45) is 0 Å². The zero-order valence-corrected chi connectivity index (χ0v) is 12.3. The van der Waals surface area contributed by atoms with Gasteiger partial charge in [0.05, 0.1) is 11.2 Å². The van der Waals surface area contributed by atoms with Crippen LogP contribution in [-0.4, -0.2) is 37.5 Å². The molecule has 0 aliphatic carbocycles. The van der Waals surface area contributed by atoms with Gasteiger partial charge < -0.3 is 4.42 Å². The Morgan fingerprint density at radius 3 is 2.64 bits per heavy atom. The average molecular weight is 320 g/mol. The summed E-state index contributed by atoms with van der Waals surface area (Å²) in [5.41, 5.74) is 0.0141. The van der Waals surface area contributed by atoms with Gasteiger partial charge in [-0.3, -0.25) is 14.9 Å². The fourth-order valence-corrected chi connectivity index (χ4v) is 3.80. The fourth-order valence-electron chi connectivity index (χ4n) is 2.33. The molecule has 1 aromatic carbocycles. The summed E-state index contributed by atoms with van der Waals surface area (Å²) in [6.07, 6.45) is 1.36. The number of likely N-dealkylation sites (N-methyl/N-ethyl adjacent to an activating group) is 1. The second-order valence-electron chi connectivity index (χ2n) is 4.75. The summed E-state index contributed by atoms with van der Waals surface area (Å²) in [6, 6.07) is 7.42. The molecule has 1 atom stereocenters. The average Bonchev–Trinajstić information content (AvgIpc) is 2.99. The summed E-state index contributed by atoms with van der Waals surface area (Å²) in [5.74, 6) is -1.19. The molecule has 0 fully saturated rings. The summed E-state index contributed by atoms with van der Waals surface area (Å²) in [5, 5.41) is 2.39. The van der Waals surface area contributed by atoms with E-state index < -0.39 is 27.8 Å². The molecule has 2 heterocycles. The number of ketones is 1. The molecule has 1 aliphatic heterocycles. The van der Waals surface area contributed by atoms with Crippen LogP contribution in [0.25, 0.3) is 0 Å². The normalized spacial score (nSPS) is 20.4. The van der Waals surface area contributed by atoms with Crippen molar-refractivity contribution in [1.82, 2.24) is 4.31 Å². The Morgan fingerprint density at radius 1 is 1.23 bits per heavy atom. The number of hydrogen-bond acceptors (Lipinski definition) is 5. The standard InChI is InChI=1S/C14H12N2O5S/c1-16-12(14(18)15-11-7-4-8-21-11)13(17)9-5-2-3-6-10(9)22(16,19)20/h2-8,12H,1H3,(H,15,18). The molecule has 8 heteroatoms. The van der Waals surface area contributed by atoms with Gasteiger partial charge in [0.15, 0.2) is 17.7 Å². The number of rotatable bonds is 2. The SMILES string of the molecule is CN1C(C(=O)Nc2ccco2)C(=O)c2ccccc2S1(=O)=O. The first-order valence-electron chi connectivity index (χ1n) is 6.38. The molecule has 0 radical (unpaired) electrons. The lowest BCUT2D eigenvalue weighted by atomic mass is 10.0. The monoisotopic (exact) mass is 320 g/mol. The predicted octanol–water partition coefficient (Wildman–Crippen LogP) is 1.10. The quantitative estimate of drug-likeness (QED) is 0.836. The van der Waals surface area contributed by atoms with E-state index in [9.17, 15) is 18.0 Å². The minimum Gasteiger partial charge on any atom is -0.449 e. The van der Waals surface area contributed by atoms with E-state index >= 15 is 0 Å². The van der Waals surface area contributed by atoms with Crippen LogP contribution < -0.4 is 5.32 Å². The summed E-state index contributed by atoms with van der Waals surface area (Å²) in [6.45, 7) is 0. The van der Waals surface area contributed by atoms with Crippen LogP contribution in [0.15, 0.2) is 52.0 Å². The molecule has 0 saturated carbocycles. The maximum Gasteiger partial charge on any atom is 0.253 e. The summed E-state index contributed by atoms with van der Waals surface area (Å²) in [7, 11) is -2.70. The van der Waals surface area contributed by atoms with Gasteiger partial charge >= 0.3 is 0 Å². The number of carbonyl (C=O) groups is 2. The molecule has 3 rings (SSSR count). The number of nitrogens with zero attached hydrogens (tertiary/aromatic N) is 1. The molecule has 1 unspecified atom stereocenters. The molecular weight excluding hydrogens is 308 g/mol. The van der Waals surface area contributed by atoms with Crippen LogP contribution in [0.3, 0.4) is 0 Å². The highest BCUT2D eigenvalue weighted by Crippen LogP contribution is 2.29. The number of amides is 1. The molecule has 114 valence electrons. The van der Waals surface area contributed by atoms with E-state index in [0.29, 0.717) is 0 Å². The van der Waals surface area contributed by atoms with Gasteiger partial charge in [0.25, 0.3) is 5.91 Å². The van der Waals surface area contributed by atoms with Crippen molar-refractivity contribution in [3.63, 3.8) is 0 Å². The smallest absolute Gasteiger partial charge is 0.253 e. The van der Waals surface area contributed by atoms with E-state index in [-0.39, 0.29) is 16.3 Å². The van der Waals surface area contributed by atoms with Crippen molar-refractivity contribution in [3.05, 3.63) is 48.2 Å². The predicted molar refractivity (Wildman–Crippen MR) is 76.8 cm³/mol. The van der Waals surface area contributed by atoms with Gasteiger partial charge in [-0.25, -0.2) is 8.42 Å². The van der Waals surface area contributed by atoms with E-state index in [1.54, 1.807) is 12.1 Å². The Hall–Kier alpha value is -2.45. The summed E-state index contributed by atoms with van der Waals surface area (Å²) >= 11 is 0. The number of fused-ring (bicyclic) bond motifs is 1. The molecule has 0 saturated heterocycles. The minimum absolute atomic E-state index is 0.0141. The zero-order chi connectivity index (χ0) is 15.9. The van der Waals surface area contributed by atoms with Crippen molar-refractivity contribution in [2.75, 3.05) is 12.4 Å². The molecule has 7 nitrogen and oxygen atoms in total. The molecule has 1 N–H and O–H groups in total. The van der Waals surface area contributed by atoms with Gasteiger partial charge in [-0.15, -0.1) is 0 Å². The number of benzene rings is 1. The summed E-state index contributed by atoms with van der Waals surface area (Å²) < 4.78 is 30.6. The van der Waals surface area contributed by atoms with Crippen LogP contribution in [0, 0.1) is 0 Å². The van der Waals surface area contributed by atoms with Gasteiger partial charge in [0.2, 0.25) is 10.0 Å². The highest BCUT2D eigenvalue weighted by atomic mass is 32.2. The Bertz CT molecular complexity index is 842. The van der Waals surface area contributed by atoms with Crippen LogP contribution in [0.1, 0.15) is 10.4 Å². The third kappa shape index (κ3) is 2.13. The Labute approximate surface area is 126 Å². The van der Waals surface area contributed by atoms with Crippen molar-refractivity contribution >= 4 is 27.6 Å². The number of nitrogens with one attached hydrogen (secondary N) is 1. The highest BCUT2D eigenvalue weighted by Gasteiger charge is 2.45. The number of hydrogen-bond donors (Lipinski definition) is 1. The lowest BCUT2D eigenvalue weighted by Crippen LogP contribution is -2.53. The van der Waals surface area contributed by atoms with Crippen molar-refractivity contribution in [1.29, 1.82) is 0 Å². The van der Waals surface area contributed by atoms with Gasteiger partial charge in [-0.2, -0.15) is 4.31 Å². The number of sulfonamides is 1. The molecular formula is C14H12N2O5S. The summed E-state index contributed by atoms with van der Waals surface area (Å²) in [4.78, 5) is 24.7. The first kappa shape index (κ1) is 14.5. The van der Waals surface area contributed by atoms with Crippen molar-refractivity contribution < 1.29 is 22.4 Å². The lowest BCUT2D eigenvalue weighted by Gasteiger charge is -2.30. The molecule has 1 aromatic heterocycles. The van der Waals surface area contributed by atoms with Gasteiger partial charge in [-0.1, -0.05) is 12.1 Å². The molecule has 22 heavy (non-hydrogen) atoms. The van der Waals surface area contributed by atoms with Crippen molar-refractivity contribution in [3.8, 4) is 0 Å². The van der Waals surface area contributed by atoms with E-state index in [1.807, 2.05) is 0 Å². The van der Waals surface area contributed by atoms with Crippen LogP contribution in [0.4, 0.5) is 5.88 Å². The Balaban J connectivity index is 2.03. The van der Waals surface area contributed by atoms with E-state index in [2.05, 4.69) is 5.32 Å². The first-order valence-corrected chi connectivity index (χ1v) is 7.82. The minimum atomic E-state index is -3.91. The van der Waals surface area contributed by atoms with Crippen molar-refractivity contribution in [2.45, 2.75) is 10.9 Å². The molecule has 0 spiro atoms.